The Bertz CT molecular complexity index is 511. The summed E-state index contributed by atoms with van der Waals surface area (Å²) in [6.07, 6.45) is 0.536. The number of halogens is 1. The first-order valence-corrected chi connectivity index (χ1v) is 7.78. The topological polar surface area (TPSA) is 44.4 Å². The summed E-state index contributed by atoms with van der Waals surface area (Å²) in [6.45, 7) is 9.46. The molecule has 0 saturated carbocycles. The predicted molar refractivity (Wildman–Crippen MR) is 87.9 cm³/mol. The van der Waals surface area contributed by atoms with E-state index in [2.05, 4.69) is 42.4 Å². The Morgan fingerprint density at radius 3 is 2.81 bits per heavy atom. The molecular weight excluding hydrogens is 286 g/mol. The Labute approximate surface area is 131 Å². The van der Waals surface area contributed by atoms with Gasteiger partial charge in [-0.3, -0.25) is 4.79 Å². The van der Waals surface area contributed by atoms with Gasteiger partial charge in [-0.15, -0.1) is 0 Å². The minimum absolute atomic E-state index is 0.0515. The third kappa shape index (κ3) is 4.90. The highest BCUT2D eigenvalue weighted by molar-refractivity contribution is 6.30. The number of hydrogen-bond acceptors (Lipinski definition) is 3. The molecule has 0 aliphatic carbocycles. The van der Waals surface area contributed by atoms with E-state index in [1.54, 1.807) is 0 Å². The number of rotatable bonds is 3. The van der Waals surface area contributed by atoms with E-state index >= 15 is 0 Å². The predicted octanol–water partition coefficient (Wildman–Crippen LogP) is 2.55. The third-order valence-electron chi connectivity index (χ3n) is 3.50. The lowest BCUT2D eigenvalue weighted by atomic mass is 10.1. The van der Waals surface area contributed by atoms with Crippen LogP contribution in [0.4, 0.5) is 5.69 Å². The van der Waals surface area contributed by atoms with Crippen LogP contribution in [0.25, 0.3) is 0 Å². The first kappa shape index (κ1) is 16.1. The van der Waals surface area contributed by atoms with Crippen LogP contribution in [-0.4, -0.2) is 31.1 Å². The number of amides is 1. The molecule has 4 nitrogen and oxygen atoms in total. The van der Waals surface area contributed by atoms with Crippen molar-refractivity contribution in [3.05, 3.63) is 28.8 Å². The summed E-state index contributed by atoms with van der Waals surface area (Å²) >= 11 is 6.15. The van der Waals surface area contributed by atoms with Gasteiger partial charge in [-0.2, -0.15) is 0 Å². The first-order chi connectivity index (χ1) is 9.85. The van der Waals surface area contributed by atoms with Gasteiger partial charge in [0.1, 0.15) is 0 Å². The van der Waals surface area contributed by atoms with Crippen LogP contribution < -0.4 is 15.5 Å². The van der Waals surface area contributed by atoms with Gasteiger partial charge in [0, 0.05) is 48.8 Å². The number of benzene rings is 1. The summed E-state index contributed by atoms with van der Waals surface area (Å²) in [5.41, 5.74) is 2.38. The molecule has 1 heterocycles. The Morgan fingerprint density at radius 1 is 1.33 bits per heavy atom. The van der Waals surface area contributed by atoms with E-state index in [0.29, 0.717) is 13.0 Å². The molecule has 0 aromatic heterocycles. The standard InChI is InChI=1S/C16H24ClN3O/c1-16(2,3)19-11-12-10-13(17)4-5-14(12)20-8-6-15(21)18-7-9-20/h4-5,10,19H,6-9,11H2,1-3H3,(H,18,21). The Balaban J connectivity index is 2.19. The SMILES string of the molecule is CC(C)(C)NCc1cc(Cl)ccc1N1CCNC(=O)CC1. The highest BCUT2D eigenvalue weighted by Gasteiger charge is 2.18. The molecule has 0 bridgehead atoms. The van der Waals surface area contributed by atoms with Gasteiger partial charge in [0.2, 0.25) is 5.91 Å². The van der Waals surface area contributed by atoms with Crippen LogP contribution in [0.15, 0.2) is 18.2 Å². The van der Waals surface area contributed by atoms with E-state index in [9.17, 15) is 4.79 Å². The molecule has 0 unspecified atom stereocenters. The van der Waals surface area contributed by atoms with Crippen molar-refractivity contribution in [2.75, 3.05) is 24.5 Å². The average molecular weight is 310 g/mol. The normalized spacial score (nSPS) is 16.6. The zero-order valence-electron chi connectivity index (χ0n) is 13.0. The minimum atomic E-state index is 0.0515. The first-order valence-electron chi connectivity index (χ1n) is 7.40. The monoisotopic (exact) mass is 309 g/mol. The van der Waals surface area contributed by atoms with Gasteiger partial charge < -0.3 is 15.5 Å². The van der Waals surface area contributed by atoms with Crippen molar-refractivity contribution in [3.8, 4) is 0 Å². The third-order valence-corrected chi connectivity index (χ3v) is 3.74. The average Bonchev–Trinajstić information content (AvgIpc) is 2.61. The van der Waals surface area contributed by atoms with E-state index < -0.39 is 0 Å². The molecular formula is C16H24ClN3O. The van der Waals surface area contributed by atoms with Gasteiger partial charge in [0.05, 0.1) is 0 Å². The number of carbonyl (C=O) groups is 1. The molecule has 21 heavy (non-hydrogen) atoms. The van der Waals surface area contributed by atoms with Crippen LogP contribution in [0.5, 0.6) is 0 Å². The second-order valence-corrected chi connectivity index (χ2v) is 6.90. The van der Waals surface area contributed by atoms with Crippen LogP contribution in [0, 0.1) is 0 Å². The highest BCUT2D eigenvalue weighted by Crippen LogP contribution is 2.25. The van der Waals surface area contributed by atoms with Crippen molar-refractivity contribution in [1.82, 2.24) is 10.6 Å². The maximum absolute atomic E-state index is 11.5. The number of anilines is 1. The van der Waals surface area contributed by atoms with E-state index in [1.165, 1.54) is 5.56 Å². The van der Waals surface area contributed by atoms with E-state index in [4.69, 9.17) is 11.6 Å². The summed E-state index contributed by atoms with van der Waals surface area (Å²) in [5, 5.41) is 7.15. The van der Waals surface area contributed by atoms with E-state index in [1.807, 2.05) is 12.1 Å². The molecule has 2 N–H and O–H groups in total. The number of nitrogens with zero attached hydrogens (tertiary/aromatic N) is 1. The molecule has 0 atom stereocenters. The number of carbonyl (C=O) groups excluding carboxylic acids is 1. The van der Waals surface area contributed by atoms with Crippen LogP contribution in [0.2, 0.25) is 5.02 Å². The Hall–Kier alpha value is -1.26. The lowest BCUT2D eigenvalue weighted by Crippen LogP contribution is -2.36. The molecule has 1 amide bonds. The highest BCUT2D eigenvalue weighted by atomic mass is 35.5. The molecule has 1 aromatic rings. The molecule has 0 spiro atoms. The van der Waals surface area contributed by atoms with E-state index in [0.717, 1.165) is 30.3 Å². The maximum atomic E-state index is 11.5. The summed E-state index contributed by atoms with van der Waals surface area (Å²) in [5.74, 6) is 0.126. The van der Waals surface area contributed by atoms with Crippen LogP contribution in [-0.2, 0) is 11.3 Å². The molecule has 5 heteroatoms. The van der Waals surface area contributed by atoms with Crippen molar-refractivity contribution in [3.63, 3.8) is 0 Å². The lowest BCUT2D eigenvalue weighted by Gasteiger charge is -2.27. The van der Waals surface area contributed by atoms with Crippen molar-refractivity contribution in [2.45, 2.75) is 39.3 Å². The zero-order chi connectivity index (χ0) is 15.5. The van der Waals surface area contributed by atoms with Crippen molar-refractivity contribution in [2.24, 2.45) is 0 Å². The molecule has 0 radical (unpaired) electrons. The smallest absolute Gasteiger partial charge is 0.221 e. The number of hydrogen-bond donors (Lipinski definition) is 2. The molecule has 116 valence electrons. The van der Waals surface area contributed by atoms with Gasteiger partial charge in [0.15, 0.2) is 0 Å². The Morgan fingerprint density at radius 2 is 2.10 bits per heavy atom. The fourth-order valence-electron chi connectivity index (χ4n) is 2.37. The second-order valence-electron chi connectivity index (χ2n) is 6.46. The van der Waals surface area contributed by atoms with Crippen LogP contribution in [0.3, 0.4) is 0 Å². The largest absolute Gasteiger partial charge is 0.369 e. The van der Waals surface area contributed by atoms with E-state index in [-0.39, 0.29) is 11.4 Å². The fourth-order valence-corrected chi connectivity index (χ4v) is 2.57. The zero-order valence-corrected chi connectivity index (χ0v) is 13.8. The molecule has 1 aliphatic heterocycles. The summed E-state index contributed by atoms with van der Waals surface area (Å²) < 4.78 is 0. The van der Waals surface area contributed by atoms with Gasteiger partial charge in [0.25, 0.3) is 0 Å². The molecule has 1 fully saturated rings. The Kier molecular flexibility index (Phi) is 5.12. The lowest BCUT2D eigenvalue weighted by molar-refractivity contribution is -0.120. The van der Waals surface area contributed by atoms with Crippen molar-refractivity contribution < 1.29 is 4.79 Å². The van der Waals surface area contributed by atoms with Crippen LogP contribution in [0.1, 0.15) is 32.8 Å². The van der Waals surface area contributed by atoms with Gasteiger partial charge in [-0.25, -0.2) is 0 Å². The quantitative estimate of drug-likeness (QED) is 0.902. The summed E-state index contributed by atoms with van der Waals surface area (Å²) in [6, 6.07) is 5.98. The summed E-state index contributed by atoms with van der Waals surface area (Å²) in [4.78, 5) is 13.7. The van der Waals surface area contributed by atoms with Gasteiger partial charge in [-0.05, 0) is 44.5 Å². The maximum Gasteiger partial charge on any atom is 0.221 e. The van der Waals surface area contributed by atoms with Crippen molar-refractivity contribution in [1.29, 1.82) is 0 Å². The van der Waals surface area contributed by atoms with Crippen molar-refractivity contribution >= 4 is 23.2 Å². The fraction of sp³-hybridized carbons (Fsp3) is 0.562. The van der Waals surface area contributed by atoms with Gasteiger partial charge >= 0.3 is 0 Å². The van der Waals surface area contributed by atoms with Crippen LogP contribution >= 0.6 is 11.6 Å². The minimum Gasteiger partial charge on any atom is -0.369 e. The van der Waals surface area contributed by atoms with Gasteiger partial charge in [-0.1, -0.05) is 11.6 Å². The molecule has 1 saturated heterocycles. The molecule has 1 aliphatic rings. The second kappa shape index (κ2) is 6.67. The molecule has 2 rings (SSSR count). The molecule has 1 aromatic carbocycles. The summed E-state index contributed by atoms with van der Waals surface area (Å²) in [7, 11) is 0. The number of nitrogens with one attached hydrogen (secondary N) is 2.